The Morgan fingerprint density at radius 2 is 1.84 bits per heavy atom. The Labute approximate surface area is 249 Å². The van der Waals surface area contributed by atoms with Crippen LogP contribution in [-0.2, 0) is 27.7 Å². The fourth-order valence-corrected chi connectivity index (χ4v) is 7.28. The van der Waals surface area contributed by atoms with Crippen molar-refractivity contribution < 1.29 is 26.7 Å². The molecule has 0 aliphatic carbocycles. The number of nitrogens with one attached hydrogen (secondary N) is 3. The Morgan fingerprint density at radius 1 is 1.12 bits per heavy atom. The van der Waals surface area contributed by atoms with Gasteiger partial charge in [-0.25, -0.2) is 17.2 Å². The molecule has 14 heteroatoms. The maximum absolute atomic E-state index is 13.8. The lowest BCUT2D eigenvalue weighted by atomic mass is 10.0. The van der Waals surface area contributed by atoms with Gasteiger partial charge in [-0.2, -0.15) is 9.40 Å². The second kappa shape index (κ2) is 11.8. The molecule has 0 unspecified atom stereocenters. The first kappa shape index (κ1) is 29.5. The quantitative estimate of drug-likeness (QED) is 0.354. The van der Waals surface area contributed by atoms with Gasteiger partial charge in [-0.3, -0.25) is 9.89 Å². The number of hydrogen-bond donors (Lipinski definition) is 3. The number of fused-ring (bicyclic) bond motifs is 1. The molecule has 6 rings (SSSR count). The highest BCUT2D eigenvalue weighted by atomic mass is 32.2. The Hall–Kier alpha value is -3.59. The highest BCUT2D eigenvalue weighted by Crippen LogP contribution is 2.32. The zero-order valence-corrected chi connectivity index (χ0v) is 24.9. The van der Waals surface area contributed by atoms with Gasteiger partial charge in [0.25, 0.3) is 5.91 Å². The van der Waals surface area contributed by atoms with E-state index in [1.165, 1.54) is 0 Å². The van der Waals surface area contributed by atoms with Crippen molar-refractivity contribution in [3.05, 3.63) is 64.9 Å². The predicted octanol–water partition coefficient (Wildman–Crippen LogP) is 3.03. The lowest BCUT2D eigenvalue weighted by Crippen LogP contribution is -2.56. The molecular weight excluding hydrogens is 580 g/mol. The average molecular weight is 616 g/mol. The standard InChI is InChI=1S/C29H35F2N7O4S/c1-36-15-22(16-36)37(2)21-3-4-24(27(14-21)32-20-6-9-42-10-7-20)29(39)33-28-25-17-38(8-5-26(25)34-35-28)43(40,41)23-12-18(30)11-19(31)13-23/h3-4,11-14,20,22,32H,5-10,15-17H2,1-2H3,(H2,33,34,35,39). The first-order chi connectivity index (χ1) is 20.6. The molecular formula is C29H35F2N7O4S. The summed E-state index contributed by atoms with van der Waals surface area (Å²) in [5.74, 6) is -2.14. The largest absolute Gasteiger partial charge is 0.381 e. The van der Waals surface area contributed by atoms with E-state index in [1.54, 1.807) is 6.07 Å². The number of amides is 1. The zero-order chi connectivity index (χ0) is 30.3. The van der Waals surface area contributed by atoms with E-state index in [-0.39, 0.29) is 24.9 Å². The molecule has 0 spiro atoms. The number of H-pyrrole nitrogens is 1. The smallest absolute Gasteiger partial charge is 0.258 e. The molecule has 2 fully saturated rings. The molecule has 0 saturated carbocycles. The third-order valence-electron chi connectivity index (χ3n) is 8.43. The zero-order valence-electron chi connectivity index (χ0n) is 24.1. The van der Waals surface area contributed by atoms with Crippen LogP contribution in [0.3, 0.4) is 0 Å². The Bertz CT molecular complexity index is 1600. The molecule has 0 bridgehead atoms. The second-order valence-electron chi connectivity index (χ2n) is 11.4. The van der Waals surface area contributed by atoms with Gasteiger partial charge in [-0.1, -0.05) is 0 Å². The van der Waals surface area contributed by atoms with Gasteiger partial charge in [-0.05, 0) is 50.2 Å². The van der Waals surface area contributed by atoms with Crippen molar-refractivity contribution in [2.45, 2.75) is 42.8 Å². The number of carbonyl (C=O) groups excluding carboxylic acids is 1. The fourth-order valence-electron chi connectivity index (χ4n) is 5.83. The monoisotopic (exact) mass is 615 g/mol. The fraction of sp³-hybridized carbons (Fsp3) is 0.448. The molecule has 2 aromatic carbocycles. The van der Waals surface area contributed by atoms with Gasteiger partial charge in [0.15, 0.2) is 5.82 Å². The Morgan fingerprint density at radius 3 is 2.53 bits per heavy atom. The number of likely N-dealkylation sites (N-methyl/N-ethyl adjacent to an activating group) is 2. The number of benzene rings is 2. The molecule has 0 atom stereocenters. The van der Waals surface area contributed by atoms with Crippen LogP contribution in [0.5, 0.6) is 0 Å². The summed E-state index contributed by atoms with van der Waals surface area (Å²) in [6, 6.07) is 8.47. The maximum atomic E-state index is 13.8. The second-order valence-corrected chi connectivity index (χ2v) is 13.4. The Balaban J connectivity index is 1.24. The van der Waals surface area contributed by atoms with Crippen LogP contribution < -0.4 is 15.5 Å². The summed E-state index contributed by atoms with van der Waals surface area (Å²) in [6.07, 6.45) is 1.94. The topological polar surface area (TPSA) is 123 Å². The number of aromatic amines is 1. The van der Waals surface area contributed by atoms with Gasteiger partial charge in [0.2, 0.25) is 10.0 Å². The molecule has 2 saturated heterocycles. The molecule has 43 heavy (non-hydrogen) atoms. The van der Waals surface area contributed by atoms with E-state index in [0.717, 1.165) is 48.1 Å². The number of halogens is 2. The molecule has 1 aromatic heterocycles. The molecule has 3 aliphatic heterocycles. The number of anilines is 3. The molecule has 3 aromatic rings. The third kappa shape index (κ3) is 6.09. The van der Waals surface area contributed by atoms with Crippen LogP contribution in [0.25, 0.3) is 0 Å². The molecule has 4 heterocycles. The van der Waals surface area contributed by atoms with Crippen molar-refractivity contribution in [3.63, 3.8) is 0 Å². The molecule has 0 radical (unpaired) electrons. The number of likely N-dealkylation sites (tertiary alicyclic amines) is 1. The summed E-state index contributed by atoms with van der Waals surface area (Å²) < 4.78 is 60.7. The number of aromatic nitrogens is 2. The molecule has 3 N–H and O–H groups in total. The van der Waals surface area contributed by atoms with Crippen molar-refractivity contribution in [3.8, 4) is 0 Å². The number of nitrogens with zero attached hydrogens (tertiary/aromatic N) is 4. The number of carbonyl (C=O) groups is 1. The van der Waals surface area contributed by atoms with E-state index in [1.807, 2.05) is 12.1 Å². The van der Waals surface area contributed by atoms with Crippen molar-refractivity contribution in [2.24, 2.45) is 0 Å². The summed E-state index contributed by atoms with van der Waals surface area (Å²) in [7, 11) is -0.0606. The summed E-state index contributed by atoms with van der Waals surface area (Å²) >= 11 is 0. The Kier molecular flexibility index (Phi) is 8.11. The van der Waals surface area contributed by atoms with Gasteiger partial charge >= 0.3 is 0 Å². The summed E-state index contributed by atoms with van der Waals surface area (Å²) in [6.45, 7) is 3.20. The highest BCUT2D eigenvalue weighted by molar-refractivity contribution is 7.89. The first-order valence-electron chi connectivity index (χ1n) is 14.3. The number of hydrogen-bond acceptors (Lipinski definition) is 8. The highest BCUT2D eigenvalue weighted by Gasteiger charge is 2.33. The molecule has 11 nitrogen and oxygen atoms in total. The molecule has 3 aliphatic rings. The van der Waals surface area contributed by atoms with Crippen LogP contribution in [0.4, 0.5) is 26.0 Å². The van der Waals surface area contributed by atoms with Gasteiger partial charge in [-0.15, -0.1) is 0 Å². The van der Waals surface area contributed by atoms with E-state index in [9.17, 15) is 22.0 Å². The summed E-state index contributed by atoms with van der Waals surface area (Å²) in [4.78, 5) is 17.7. The van der Waals surface area contributed by atoms with Gasteiger partial charge in [0.1, 0.15) is 11.6 Å². The maximum Gasteiger partial charge on any atom is 0.258 e. The van der Waals surface area contributed by atoms with Crippen molar-refractivity contribution >= 4 is 33.1 Å². The summed E-state index contributed by atoms with van der Waals surface area (Å²) in [5.41, 5.74) is 3.32. The van der Waals surface area contributed by atoms with Gasteiger partial charge in [0, 0.05) is 87.6 Å². The van der Waals surface area contributed by atoms with Crippen LogP contribution in [-0.4, -0.2) is 92.8 Å². The van der Waals surface area contributed by atoms with E-state index < -0.39 is 32.5 Å². The normalized spacial score (nSPS) is 18.6. The van der Waals surface area contributed by atoms with E-state index in [2.05, 4.69) is 44.7 Å². The van der Waals surface area contributed by atoms with Crippen LogP contribution in [0, 0.1) is 11.6 Å². The number of rotatable bonds is 8. The van der Waals surface area contributed by atoms with Crippen LogP contribution >= 0.6 is 0 Å². The van der Waals surface area contributed by atoms with Crippen LogP contribution in [0.2, 0.25) is 0 Å². The lowest BCUT2D eigenvalue weighted by Gasteiger charge is -2.43. The van der Waals surface area contributed by atoms with Gasteiger partial charge in [0.05, 0.1) is 16.5 Å². The first-order valence-corrected chi connectivity index (χ1v) is 15.8. The minimum atomic E-state index is -4.20. The number of sulfonamides is 1. The van der Waals surface area contributed by atoms with E-state index >= 15 is 0 Å². The lowest BCUT2D eigenvalue weighted by molar-refractivity contribution is 0.0904. The molecule has 1 amide bonds. The van der Waals surface area contributed by atoms with Gasteiger partial charge < -0.3 is 25.2 Å². The van der Waals surface area contributed by atoms with Crippen LogP contribution in [0.1, 0.15) is 34.5 Å². The number of ether oxygens (including phenoxy) is 1. The van der Waals surface area contributed by atoms with E-state index in [0.29, 0.717) is 54.3 Å². The van der Waals surface area contributed by atoms with Crippen molar-refractivity contribution in [1.29, 1.82) is 0 Å². The molecule has 230 valence electrons. The van der Waals surface area contributed by atoms with Crippen molar-refractivity contribution in [1.82, 2.24) is 19.4 Å². The van der Waals surface area contributed by atoms with E-state index in [4.69, 9.17) is 4.74 Å². The minimum absolute atomic E-state index is 0.0913. The van der Waals surface area contributed by atoms with Crippen molar-refractivity contribution in [2.75, 3.05) is 62.5 Å². The SMILES string of the molecule is CN1CC(N(C)c2ccc(C(=O)Nc3n[nH]c4c3CN(S(=O)(=O)c3cc(F)cc(F)c3)CC4)c(NC3CCOCC3)c2)C1. The predicted molar refractivity (Wildman–Crippen MR) is 158 cm³/mol. The minimum Gasteiger partial charge on any atom is -0.381 e. The van der Waals surface area contributed by atoms with Crippen LogP contribution in [0.15, 0.2) is 41.3 Å². The summed E-state index contributed by atoms with van der Waals surface area (Å²) in [5, 5.41) is 13.6. The third-order valence-corrected chi connectivity index (χ3v) is 10.3. The average Bonchev–Trinajstić information content (AvgIpc) is 3.37.